The van der Waals surface area contributed by atoms with Crippen molar-refractivity contribution in [1.29, 1.82) is 0 Å². The van der Waals surface area contributed by atoms with Crippen LogP contribution in [0.3, 0.4) is 0 Å². The van der Waals surface area contributed by atoms with Gasteiger partial charge in [-0.15, -0.1) is 11.3 Å². The average molecular weight is 335 g/mol. The fourth-order valence-corrected chi connectivity index (χ4v) is 3.45. The van der Waals surface area contributed by atoms with E-state index in [0.29, 0.717) is 18.8 Å². The van der Waals surface area contributed by atoms with Crippen molar-refractivity contribution in [3.63, 3.8) is 0 Å². The third-order valence-electron chi connectivity index (χ3n) is 3.88. The van der Waals surface area contributed by atoms with E-state index in [1.54, 1.807) is 15.6 Å². The predicted octanol–water partition coefficient (Wildman–Crippen LogP) is 1.02. The third-order valence-corrected chi connectivity index (χ3v) is 4.46. The van der Waals surface area contributed by atoms with Gasteiger partial charge in [0.25, 0.3) is 5.91 Å². The smallest absolute Gasteiger partial charge is 0.274 e. The second-order valence-corrected chi connectivity index (χ2v) is 6.65. The van der Waals surface area contributed by atoms with E-state index in [2.05, 4.69) is 15.0 Å². The highest BCUT2D eigenvalue weighted by molar-refractivity contribution is 7.07. The summed E-state index contributed by atoms with van der Waals surface area (Å²) in [5.74, 6) is -0.0489. The summed E-state index contributed by atoms with van der Waals surface area (Å²) < 4.78 is 7.72. The van der Waals surface area contributed by atoms with E-state index in [9.17, 15) is 4.79 Å². The summed E-state index contributed by atoms with van der Waals surface area (Å²) in [6.07, 6.45) is 3.66. The largest absolute Gasteiger partial charge is 0.373 e. The Balaban J connectivity index is 1.93. The van der Waals surface area contributed by atoms with Gasteiger partial charge in [0.2, 0.25) is 0 Å². The second kappa shape index (κ2) is 6.77. The molecule has 7 nitrogen and oxygen atoms in total. The van der Waals surface area contributed by atoms with Crippen LogP contribution in [0.4, 0.5) is 0 Å². The Hall–Kier alpha value is -1.77. The Morgan fingerprint density at radius 3 is 2.96 bits per heavy atom. The van der Waals surface area contributed by atoms with E-state index >= 15 is 0 Å². The molecule has 2 aromatic rings. The highest BCUT2D eigenvalue weighted by atomic mass is 32.1. The molecule has 0 aromatic carbocycles. The van der Waals surface area contributed by atoms with Gasteiger partial charge >= 0.3 is 0 Å². The summed E-state index contributed by atoms with van der Waals surface area (Å²) in [5.41, 5.74) is 3.17. The maximum Gasteiger partial charge on any atom is 0.274 e. The molecule has 0 bridgehead atoms. The number of hydrogen-bond donors (Lipinski definition) is 0. The Morgan fingerprint density at radius 1 is 1.52 bits per heavy atom. The molecule has 23 heavy (non-hydrogen) atoms. The summed E-state index contributed by atoms with van der Waals surface area (Å²) >= 11 is 1.43. The van der Waals surface area contributed by atoms with Crippen LogP contribution in [0.5, 0.6) is 0 Å². The van der Waals surface area contributed by atoms with Crippen molar-refractivity contribution in [2.45, 2.75) is 12.1 Å². The molecule has 124 valence electrons. The van der Waals surface area contributed by atoms with E-state index in [-0.39, 0.29) is 18.1 Å². The monoisotopic (exact) mass is 335 g/mol. The quantitative estimate of drug-likeness (QED) is 0.835. The first-order valence-electron chi connectivity index (χ1n) is 7.50. The van der Waals surface area contributed by atoms with Crippen LogP contribution in [0.1, 0.15) is 22.1 Å². The lowest BCUT2D eigenvalue weighted by atomic mass is 10.00. The molecule has 0 unspecified atom stereocenters. The lowest BCUT2D eigenvalue weighted by Crippen LogP contribution is -2.51. The molecule has 0 N–H and O–H groups in total. The summed E-state index contributed by atoms with van der Waals surface area (Å²) in [6.45, 7) is 1.82. The maximum absolute atomic E-state index is 12.9. The zero-order valence-corrected chi connectivity index (χ0v) is 14.4. The first kappa shape index (κ1) is 16.1. The van der Waals surface area contributed by atoms with Crippen LogP contribution in [0.15, 0.2) is 23.3 Å². The molecule has 0 spiro atoms. The van der Waals surface area contributed by atoms with Crippen LogP contribution in [-0.4, -0.2) is 70.4 Å². The van der Waals surface area contributed by atoms with Crippen LogP contribution < -0.4 is 0 Å². The summed E-state index contributed by atoms with van der Waals surface area (Å²) in [7, 11) is 5.89. The van der Waals surface area contributed by atoms with Crippen molar-refractivity contribution >= 4 is 17.2 Å². The molecule has 2 atom stereocenters. The minimum atomic E-state index is -0.158. The van der Waals surface area contributed by atoms with Gasteiger partial charge in [0.15, 0.2) is 0 Å². The number of carbonyl (C=O) groups is 1. The second-order valence-electron chi connectivity index (χ2n) is 5.94. The zero-order chi connectivity index (χ0) is 16.4. The van der Waals surface area contributed by atoms with E-state index in [0.717, 1.165) is 12.1 Å². The number of amides is 1. The van der Waals surface area contributed by atoms with Gasteiger partial charge in [0, 0.05) is 37.3 Å². The van der Waals surface area contributed by atoms with Crippen molar-refractivity contribution in [3.8, 4) is 0 Å². The number of morpholine rings is 1. The van der Waals surface area contributed by atoms with E-state index in [1.807, 2.05) is 38.4 Å². The molecule has 1 amide bonds. The van der Waals surface area contributed by atoms with Crippen molar-refractivity contribution < 1.29 is 9.53 Å². The van der Waals surface area contributed by atoms with Crippen LogP contribution in [-0.2, 0) is 11.8 Å². The normalized spacial score (nSPS) is 21.8. The molecule has 0 radical (unpaired) electrons. The topological polar surface area (TPSA) is 63.5 Å². The molecular formula is C15H21N5O2S. The molecule has 1 aliphatic heterocycles. The fourth-order valence-electron chi connectivity index (χ4n) is 2.93. The van der Waals surface area contributed by atoms with E-state index < -0.39 is 0 Å². The number of rotatable bonds is 4. The van der Waals surface area contributed by atoms with Crippen molar-refractivity contribution in [3.05, 3.63) is 34.5 Å². The van der Waals surface area contributed by atoms with Gasteiger partial charge in [-0.3, -0.25) is 9.48 Å². The highest BCUT2D eigenvalue weighted by Crippen LogP contribution is 2.31. The number of carbonyl (C=O) groups excluding carboxylic acids is 1. The number of aryl methyl sites for hydroxylation is 1. The molecule has 1 aliphatic rings. The Kier molecular flexibility index (Phi) is 4.74. The Bertz CT molecular complexity index is 655. The number of ether oxygens (including phenoxy) is 1. The van der Waals surface area contributed by atoms with Gasteiger partial charge in [0.05, 0.1) is 30.5 Å². The number of likely N-dealkylation sites (N-methyl/N-ethyl adjacent to an activating group) is 1. The van der Waals surface area contributed by atoms with E-state index in [4.69, 9.17) is 4.74 Å². The maximum atomic E-state index is 12.9. The number of aromatic nitrogens is 3. The SMILES string of the molecule is CN(C)C[C@@H]1OCCN(C(=O)c2cscn2)[C@H]1c1cnn(C)c1. The first-order valence-corrected chi connectivity index (χ1v) is 8.44. The van der Waals surface area contributed by atoms with Gasteiger partial charge in [-0.1, -0.05) is 0 Å². The van der Waals surface area contributed by atoms with E-state index in [1.165, 1.54) is 11.3 Å². The summed E-state index contributed by atoms with van der Waals surface area (Å²) in [5, 5.41) is 6.05. The van der Waals surface area contributed by atoms with Crippen LogP contribution in [0, 0.1) is 0 Å². The lowest BCUT2D eigenvalue weighted by molar-refractivity contribution is -0.0686. The van der Waals surface area contributed by atoms with Crippen molar-refractivity contribution in [2.75, 3.05) is 33.8 Å². The van der Waals surface area contributed by atoms with Crippen LogP contribution in [0.2, 0.25) is 0 Å². The molecule has 1 fully saturated rings. The predicted molar refractivity (Wildman–Crippen MR) is 87.4 cm³/mol. The van der Waals surface area contributed by atoms with Crippen molar-refractivity contribution in [2.24, 2.45) is 7.05 Å². The highest BCUT2D eigenvalue weighted by Gasteiger charge is 2.38. The van der Waals surface area contributed by atoms with Gasteiger partial charge in [-0.05, 0) is 14.1 Å². The molecule has 0 aliphatic carbocycles. The van der Waals surface area contributed by atoms with Gasteiger partial charge in [-0.2, -0.15) is 5.10 Å². The zero-order valence-electron chi connectivity index (χ0n) is 13.5. The molecule has 3 rings (SSSR count). The van der Waals surface area contributed by atoms with Gasteiger partial charge < -0.3 is 14.5 Å². The summed E-state index contributed by atoms with van der Waals surface area (Å²) in [4.78, 5) is 21.0. The molecule has 1 saturated heterocycles. The number of thiazole rings is 1. The Labute approximate surface area is 139 Å². The fraction of sp³-hybridized carbons (Fsp3) is 0.533. The van der Waals surface area contributed by atoms with Gasteiger partial charge in [0.1, 0.15) is 5.69 Å². The molecule has 8 heteroatoms. The average Bonchev–Trinajstić information content (AvgIpc) is 3.17. The number of hydrogen-bond acceptors (Lipinski definition) is 6. The lowest BCUT2D eigenvalue weighted by Gasteiger charge is -2.41. The Morgan fingerprint density at radius 2 is 2.35 bits per heavy atom. The number of nitrogens with zero attached hydrogens (tertiary/aromatic N) is 5. The minimum absolute atomic E-state index is 0.0489. The third kappa shape index (κ3) is 3.44. The minimum Gasteiger partial charge on any atom is -0.373 e. The molecule has 2 aromatic heterocycles. The summed E-state index contributed by atoms with van der Waals surface area (Å²) in [6, 6.07) is -0.158. The standard InChI is InChI=1S/C15H21N5O2S/c1-18(2)8-13-14(11-6-17-19(3)7-11)20(4-5-22-13)15(21)12-9-23-10-16-12/h6-7,9-10,13-14H,4-5,8H2,1-3H3/t13-,14-/m0/s1. The van der Waals surface area contributed by atoms with Crippen LogP contribution >= 0.6 is 11.3 Å². The molecular weight excluding hydrogens is 314 g/mol. The molecule has 0 saturated carbocycles. The first-order chi connectivity index (χ1) is 11.1. The molecule has 3 heterocycles. The van der Waals surface area contributed by atoms with Gasteiger partial charge in [-0.25, -0.2) is 4.98 Å². The van der Waals surface area contributed by atoms with Crippen LogP contribution in [0.25, 0.3) is 0 Å². The van der Waals surface area contributed by atoms with Crippen molar-refractivity contribution in [1.82, 2.24) is 24.6 Å².